The van der Waals surface area contributed by atoms with E-state index in [0.29, 0.717) is 0 Å². The fourth-order valence-corrected chi connectivity index (χ4v) is 1.22. The maximum atomic E-state index is 13.0. The van der Waals surface area contributed by atoms with Crippen molar-refractivity contribution in [2.45, 2.75) is 18.4 Å². The Labute approximate surface area is 95.8 Å². The molecule has 0 aliphatic rings. The number of phenols is 1. The molecule has 18 heavy (non-hydrogen) atoms. The van der Waals surface area contributed by atoms with Crippen LogP contribution < -0.4 is 5.73 Å². The molecule has 9 heteroatoms. The van der Waals surface area contributed by atoms with Crippen molar-refractivity contribution >= 4 is 0 Å². The first-order valence-electron chi connectivity index (χ1n) is 4.36. The summed E-state index contributed by atoms with van der Waals surface area (Å²) in [7, 11) is 0. The number of alkyl halides is 6. The van der Waals surface area contributed by atoms with Crippen molar-refractivity contribution in [2.24, 2.45) is 5.73 Å². The molecule has 0 fully saturated rings. The molecule has 0 saturated heterocycles. The van der Waals surface area contributed by atoms with Crippen LogP contribution in [0.15, 0.2) is 12.1 Å². The van der Waals surface area contributed by atoms with Gasteiger partial charge in [0.15, 0.2) is 0 Å². The van der Waals surface area contributed by atoms with Crippen LogP contribution in [-0.2, 0) is 6.18 Å². The number of benzene rings is 1. The van der Waals surface area contributed by atoms with E-state index in [1.165, 1.54) is 0 Å². The van der Waals surface area contributed by atoms with E-state index in [1.54, 1.807) is 0 Å². The van der Waals surface area contributed by atoms with Gasteiger partial charge in [-0.3, -0.25) is 0 Å². The lowest BCUT2D eigenvalue weighted by Crippen LogP contribution is -2.28. The van der Waals surface area contributed by atoms with Gasteiger partial charge in [-0.2, -0.15) is 26.3 Å². The van der Waals surface area contributed by atoms with Crippen LogP contribution in [0.4, 0.5) is 30.7 Å². The highest BCUT2D eigenvalue weighted by molar-refractivity contribution is 5.41. The minimum Gasteiger partial charge on any atom is -0.508 e. The number of aromatic hydroxyl groups is 1. The van der Waals surface area contributed by atoms with Gasteiger partial charge in [0.25, 0.3) is 0 Å². The molecule has 0 amide bonds. The molecule has 1 aromatic rings. The molecule has 0 aliphatic carbocycles. The summed E-state index contributed by atoms with van der Waals surface area (Å²) in [6, 6.07) is -2.97. The van der Waals surface area contributed by atoms with E-state index in [-0.39, 0.29) is 12.1 Å². The van der Waals surface area contributed by atoms with Crippen molar-refractivity contribution in [3.05, 3.63) is 29.1 Å². The maximum absolute atomic E-state index is 13.0. The molecule has 1 aromatic carbocycles. The molecule has 0 saturated carbocycles. The van der Waals surface area contributed by atoms with Crippen molar-refractivity contribution in [3.8, 4) is 5.75 Å². The average molecular weight is 277 g/mol. The van der Waals surface area contributed by atoms with E-state index in [0.717, 1.165) is 0 Å². The van der Waals surface area contributed by atoms with E-state index < -0.39 is 41.1 Å². The minimum absolute atomic E-state index is 0.0731. The van der Waals surface area contributed by atoms with Crippen molar-refractivity contribution < 1.29 is 35.8 Å². The summed E-state index contributed by atoms with van der Waals surface area (Å²) in [5.74, 6) is -3.30. The number of hydrogen-bond acceptors (Lipinski definition) is 2. The molecule has 0 bridgehead atoms. The summed E-state index contributed by atoms with van der Waals surface area (Å²) in [6.45, 7) is 0. The Bertz CT molecular complexity index is 451. The molecular formula is C9H6F7NO. The van der Waals surface area contributed by atoms with Crippen LogP contribution in [0, 0.1) is 5.82 Å². The lowest BCUT2D eigenvalue weighted by atomic mass is 10.0. The molecule has 0 aromatic heterocycles. The Hall–Kier alpha value is -1.51. The lowest BCUT2D eigenvalue weighted by Gasteiger charge is -2.18. The molecule has 0 radical (unpaired) electrons. The molecule has 0 spiro atoms. The summed E-state index contributed by atoms with van der Waals surface area (Å²) in [5, 5.41) is 9.07. The molecule has 0 unspecified atom stereocenters. The first-order valence-corrected chi connectivity index (χ1v) is 4.36. The standard InChI is InChI=1S/C9H6F7NO/c10-5-1-3(7(17)9(14,15)16)6(18)2-4(5)8(11,12)13/h1-2,7,18H,17H2/t7-/m0/s1. The van der Waals surface area contributed by atoms with Gasteiger partial charge < -0.3 is 10.8 Å². The zero-order chi connectivity index (χ0) is 14.3. The Morgan fingerprint density at radius 2 is 1.56 bits per heavy atom. The first kappa shape index (κ1) is 14.6. The fourth-order valence-electron chi connectivity index (χ4n) is 1.22. The topological polar surface area (TPSA) is 46.2 Å². The van der Waals surface area contributed by atoms with Gasteiger partial charge in [0, 0.05) is 5.56 Å². The zero-order valence-corrected chi connectivity index (χ0v) is 8.40. The molecule has 1 atom stereocenters. The van der Waals surface area contributed by atoms with Crippen molar-refractivity contribution in [1.29, 1.82) is 0 Å². The van der Waals surface area contributed by atoms with Gasteiger partial charge in [-0.05, 0) is 12.1 Å². The third-order valence-corrected chi connectivity index (χ3v) is 2.11. The van der Waals surface area contributed by atoms with Gasteiger partial charge in [-0.15, -0.1) is 0 Å². The third kappa shape index (κ3) is 2.84. The van der Waals surface area contributed by atoms with Gasteiger partial charge in [0.05, 0.1) is 5.56 Å². The third-order valence-electron chi connectivity index (χ3n) is 2.11. The van der Waals surface area contributed by atoms with Crippen LogP contribution in [0.3, 0.4) is 0 Å². The fraction of sp³-hybridized carbons (Fsp3) is 0.333. The molecule has 0 aliphatic heterocycles. The summed E-state index contributed by atoms with van der Waals surface area (Å²) in [6.07, 6.45) is -10.1. The Morgan fingerprint density at radius 1 is 1.06 bits per heavy atom. The van der Waals surface area contributed by atoms with Gasteiger partial charge in [0.2, 0.25) is 0 Å². The van der Waals surface area contributed by atoms with E-state index in [9.17, 15) is 30.7 Å². The lowest BCUT2D eigenvalue weighted by molar-refractivity contribution is -0.149. The minimum atomic E-state index is -5.12. The first-order chi connectivity index (χ1) is 7.94. The average Bonchev–Trinajstić information content (AvgIpc) is 2.16. The normalized spacial score (nSPS) is 14.7. The van der Waals surface area contributed by atoms with Gasteiger partial charge >= 0.3 is 12.4 Å². The predicted octanol–water partition coefficient (Wildman–Crippen LogP) is 3.11. The summed E-state index contributed by atoms with van der Waals surface area (Å²) >= 11 is 0. The monoisotopic (exact) mass is 277 g/mol. The van der Waals surface area contributed by atoms with Crippen LogP contribution in [-0.4, -0.2) is 11.3 Å². The smallest absolute Gasteiger partial charge is 0.419 e. The van der Waals surface area contributed by atoms with Crippen LogP contribution >= 0.6 is 0 Å². The number of halogens is 7. The number of rotatable bonds is 1. The SMILES string of the molecule is N[C@@H](c1cc(F)c(C(F)(F)F)cc1O)C(F)(F)F. The molecule has 2 nitrogen and oxygen atoms in total. The quantitative estimate of drug-likeness (QED) is 0.775. The molecule has 0 heterocycles. The van der Waals surface area contributed by atoms with Crippen molar-refractivity contribution in [2.75, 3.05) is 0 Å². The van der Waals surface area contributed by atoms with E-state index in [4.69, 9.17) is 5.11 Å². The van der Waals surface area contributed by atoms with E-state index in [1.807, 2.05) is 0 Å². The van der Waals surface area contributed by atoms with Gasteiger partial charge in [0.1, 0.15) is 17.6 Å². The number of phenolic OH excluding ortho intramolecular Hbond substituents is 1. The Kier molecular flexibility index (Phi) is 3.48. The molecule has 1 rings (SSSR count). The van der Waals surface area contributed by atoms with E-state index in [2.05, 4.69) is 5.73 Å². The van der Waals surface area contributed by atoms with Crippen LogP contribution in [0.2, 0.25) is 0 Å². The summed E-state index contributed by atoms with van der Waals surface area (Å²) in [4.78, 5) is 0. The highest BCUT2D eigenvalue weighted by Crippen LogP contribution is 2.39. The van der Waals surface area contributed by atoms with Crippen LogP contribution in [0.1, 0.15) is 17.2 Å². The van der Waals surface area contributed by atoms with Crippen LogP contribution in [0.5, 0.6) is 5.75 Å². The van der Waals surface area contributed by atoms with Crippen LogP contribution in [0.25, 0.3) is 0 Å². The number of nitrogens with two attached hydrogens (primary N) is 1. The van der Waals surface area contributed by atoms with Crippen molar-refractivity contribution in [1.82, 2.24) is 0 Å². The second-order valence-corrected chi connectivity index (χ2v) is 3.41. The summed E-state index contributed by atoms with van der Waals surface area (Å²) in [5.41, 5.74) is 1.65. The number of hydrogen-bond donors (Lipinski definition) is 2. The second-order valence-electron chi connectivity index (χ2n) is 3.41. The Morgan fingerprint density at radius 3 is 1.94 bits per heavy atom. The molecular weight excluding hydrogens is 271 g/mol. The second kappa shape index (κ2) is 4.30. The Balaban J connectivity index is 3.33. The van der Waals surface area contributed by atoms with Gasteiger partial charge in [-0.25, -0.2) is 4.39 Å². The largest absolute Gasteiger partial charge is 0.508 e. The van der Waals surface area contributed by atoms with Crippen molar-refractivity contribution in [3.63, 3.8) is 0 Å². The summed E-state index contributed by atoms with van der Waals surface area (Å²) < 4.78 is 86.2. The maximum Gasteiger partial charge on any atom is 0.419 e. The van der Waals surface area contributed by atoms with Gasteiger partial charge in [-0.1, -0.05) is 0 Å². The molecule has 3 N–H and O–H groups in total. The zero-order valence-electron chi connectivity index (χ0n) is 8.40. The molecule has 102 valence electrons. The highest BCUT2D eigenvalue weighted by Gasteiger charge is 2.41. The highest BCUT2D eigenvalue weighted by atomic mass is 19.4. The van der Waals surface area contributed by atoms with E-state index >= 15 is 0 Å². The predicted molar refractivity (Wildman–Crippen MR) is 46.1 cm³/mol.